The van der Waals surface area contributed by atoms with Gasteiger partial charge in [-0.15, -0.1) is 0 Å². The number of pyridine rings is 1. The van der Waals surface area contributed by atoms with Crippen molar-refractivity contribution in [2.45, 2.75) is 13.5 Å². The largest absolute Gasteiger partial charge is 0.326 e. The van der Waals surface area contributed by atoms with Crippen LogP contribution in [-0.4, -0.2) is 4.98 Å². The number of aryl methyl sites for hydroxylation is 1. The lowest BCUT2D eigenvalue weighted by Gasteiger charge is -2.01. The Labute approximate surface area is 69.2 Å². The van der Waals surface area contributed by atoms with Crippen molar-refractivity contribution in [1.29, 1.82) is 0 Å². The number of hydrogen-bond donors (Lipinski definition) is 2. The Morgan fingerprint density at radius 1 is 1.73 bits per heavy atom. The molecular formula is C7H9ClN2O. The molecule has 0 radical (unpaired) electrons. The van der Waals surface area contributed by atoms with Gasteiger partial charge in [-0.3, -0.25) is 4.79 Å². The molecule has 0 unspecified atom stereocenters. The first-order chi connectivity index (χ1) is 5.15. The summed E-state index contributed by atoms with van der Waals surface area (Å²) in [7, 11) is 0. The van der Waals surface area contributed by atoms with Crippen LogP contribution in [0, 0.1) is 6.92 Å². The van der Waals surface area contributed by atoms with Crippen LogP contribution in [0.25, 0.3) is 0 Å². The van der Waals surface area contributed by atoms with E-state index < -0.39 is 0 Å². The molecule has 0 aliphatic carbocycles. The van der Waals surface area contributed by atoms with Crippen molar-refractivity contribution in [3.05, 3.63) is 32.7 Å². The molecule has 0 saturated heterocycles. The number of hydrogen-bond acceptors (Lipinski definition) is 2. The molecule has 11 heavy (non-hydrogen) atoms. The quantitative estimate of drug-likeness (QED) is 0.658. The average Bonchev–Trinajstić information content (AvgIpc) is 1.96. The third-order valence-corrected chi connectivity index (χ3v) is 1.97. The van der Waals surface area contributed by atoms with E-state index in [9.17, 15) is 4.79 Å². The summed E-state index contributed by atoms with van der Waals surface area (Å²) >= 11 is 5.82. The summed E-state index contributed by atoms with van der Waals surface area (Å²) in [6, 6.07) is 1.41. The maximum absolute atomic E-state index is 10.9. The standard InChI is InChI=1S/C7H9ClN2O/c1-4-7(8)5(3-9)2-6(11)10-4/h2H,3,9H2,1H3,(H,10,11). The Bertz CT molecular complexity index is 319. The molecule has 0 aliphatic heterocycles. The number of aromatic amines is 1. The summed E-state index contributed by atoms with van der Waals surface area (Å²) in [5, 5.41) is 0.548. The van der Waals surface area contributed by atoms with Crippen molar-refractivity contribution < 1.29 is 0 Å². The number of halogens is 1. The van der Waals surface area contributed by atoms with Crippen LogP contribution in [-0.2, 0) is 6.54 Å². The van der Waals surface area contributed by atoms with Gasteiger partial charge in [-0.2, -0.15) is 0 Å². The maximum atomic E-state index is 10.9. The highest BCUT2D eigenvalue weighted by atomic mass is 35.5. The predicted octanol–water partition coefficient (Wildman–Crippen LogP) is 0.795. The van der Waals surface area contributed by atoms with Gasteiger partial charge < -0.3 is 10.7 Å². The minimum Gasteiger partial charge on any atom is -0.326 e. The van der Waals surface area contributed by atoms with Gasteiger partial charge >= 0.3 is 0 Å². The van der Waals surface area contributed by atoms with Gasteiger partial charge in [0, 0.05) is 18.3 Å². The van der Waals surface area contributed by atoms with Gasteiger partial charge in [0.25, 0.3) is 0 Å². The highest BCUT2D eigenvalue weighted by Gasteiger charge is 2.02. The maximum Gasteiger partial charge on any atom is 0.248 e. The molecule has 0 amide bonds. The van der Waals surface area contributed by atoms with Gasteiger partial charge in [-0.1, -0.05) is 11.6 Å². The molecule has 4 heteroatoms. The summed E-state index contributed by atoms with van der Waals surface area (Å²) in [5.41, 5.74) is 6.55. The monoisotopic (exact) mass is 172 g/mol. The molecule has 1 aromatic rings. The van der Waals surface area contributed by atoms with Crippen LogP contribution in [0.2, 0.25) is 5.02 Å². The molecule has 3 nitrogen and oxygen atoms in total. The molecule has 0 saturated carbocycles. The average molecular weight is 173 g/mol. The van der Waals surface area contributed by atoms with Crippen LogP contribution in [0.1, 0.15) is 11.3 Å². The lowest BCUT2D eigenvalue weighted by atomic mass is 10.2. The zero-order valence-electron chi connectivity index (χ0n) is 6.15. The van der Waals surface area contributed by atoms with Crippen molar-refractivity contribution in [1.82, 2.24) is 4.98 Å². The number of H-pyrrole nitrogens is 1. The number of aromatic nitrogens is 1. The van der Waals surface area contributed by atoms with Crippen molar-refractivity contribution in [3.63, 3.8) is 0 Å². The van der Waals surface area contributed by atoms with Crippen LogP contribution < -0.4 is 11.3 Å². The number of rotatable bonds is 1. The highest BCUT2D eigenvalue weighted by molar-refractivity contribution is 6.31. The van der Waals surface area contributed by atoms with Crippen LogP contribution in [0.3, 0.4) is 0 Å². The van der Waals surface area contributed by atoms with Gasteiger partial charge in [-0.25, -0.2) is 0 Å². The molecule has 3 N–H and O–H groups in total. The Kier molecular flexibility index (Phi) is 2.31. The second-order valence-electron chi connectivity index (χ2n) is 2.30. The van der Waals surface area contributed by atoms with Gasteiger partial charge in [0.05, 0.1) is 5.02 Å². The van der Waals surface area contributed by atoms with Crippen molar-refractivity contribution >= 4 is 11.6 Å². The smallest absolute Gasteiger partial charge is 0.248 e. The molecule has 1 aromatic heterocycles. The minimum absolute atomic E-state index is 0.160. The first-order valence-electron chi connectivity index (χ1n) is 3.23. The minimum atomic E-state index is -0.160. The SMILES string of the molecule is Cc1[nH]c(=O)cc(CN)c1Cl. The first-order valence-corrected chi connectivity index (χ1v) is 3.61. The summed E-state index contributed by atoms with van der Waals surface area (Å²) in [6.45, 7) is 2.03. The second kappa shape index (κ2) is 3.07. The molecule has 60 valence electrons. The van der Waals surface area contributed by atoms with Gasteiger partial charge in [0.2, 0.25) is 5.56 Å². The fraction of sp³-hybridized carbons (Fsp3) is 0.286. The van der Waals surface area contributed by atoms with E-state index in [1.165, 1.54) is 6.07 Å². The summed E-state index contributed by atoms with van der Waals surface area (Å²) in [4.78, 5) is 13.4. The van der Waals surface area contributed by atoms with Gasteiger partial charge in [-0.05, 0) is 12.5 Å². The second-order valence-corrected chi connectivity index (χ2v) is 2.68. The topological polar surface area (TPSA) is 58.9 Å². The number of nitrogens with one attached hydrogen (secondary N) is 1. The third-order valence-electron chi connectivity index (χ3n) is 1.45. The van der Waals surface area contributed by atoms with E-state index in [1.807, 2.05) is 0 Å². The molecule has 0 spiro atoms. The van der Waals surface area contributed by atoms with E-state index in [2.05, 4.69) is 4.98 Å². The summed E-state index contributed by atoms with van der Waals surface area (Å²) in [5.74, 6) is 0. The van der Waals surface area contributed by atoms with E-state index in [1.54, 1.807) is 6.92 Å². The van der Waals surface area contributed by atoms with Crippen LogP contribution in [0.15, 0.2) is 10.9 Å². The molecule has 0 bridgehead atoms. The lowest BCUT2D eigenvalue weighted by Crippen LogP contribution is -2.10. The fourth-order valence-corrected chi connectivity index (χ4v) is 1.07. The van der Waals surface area contributed by atoms with Crippen LogP contribution >= 0.6 is 11.6 Å². The van der Waals surface area contributed by atoms with Crippen LogP contribution in [0.5, 0.6) is 0 Å². The lowest BCUT2D eigenvalue weighted by molar-refractivity contribution is 1.02. The molecule has 1 heterocycles. The highest BCUT2D eigenvalue weighted by Crippen LogP contribution is 2.15. The Balaban J connectivity index is 3.36. The molecule has 0 fully saturated rings. The van der Waals surface area contributed by atoms with E-state index in [0.717, 1.165) is 0 Å². The van der Waals surface area contributed by atoms with E-state index >= 15 is 0 Å². The summed E-state index contributed by atoms with van der Waals surface area (Å²) < 4.78 is 0. The predicted molar refractivity (Wildman–Crippen MR) is 44.7 cm³/mol. The molecule has 0 aromatic carbocycles. The van der Waals surface area contributed by atoms with Gasteiger partial charge in [0.1, 0.15) is 0 Å². The molecule has 0 aliphatic rings. The Morgan fingerprint density at radius 3 is 2.91 bits per heavy atom. The van der Waals surface area contributed by atoms with E-state index in [-0.39, 0.29) is 5.56 Å². The Hall–Kier alpha value is -0.800. The first kappa shape index (κ1) is 8.30. The van der Waals surface area contributed by atoms with Gasteiger partial charge in [0.15, 0.2) is 0 Å². The molecule has 1 rings (SSSR count). The molecular weight excluding hydrogens is 164 g/mol. The zero-order chi connectivity index (χ0) is 8.43. The summed E-state index contributed by atoms with van der Waals surface area (Å²) in [6.07, 6.45) is 0. The van der Waals surface area contributed by atoms with Crippen LogP contribution in [0.4, 0.5) is 0 Å². The normalized spacial score (nSPS) is 10.1. The molecule has 0 atom stereocenters. The van der Waals surface area contributed by atoms with Crippen molar-refractivity contribution in [3.8, 4) is 0 Å². The number of nitrogens with two attached hydrogens (primary N) is 1. The third kappa shape index (κ3) is 1.61. The van der Waals surface area contributed by atoms with E-state index in [4.69, 9.17) is 17.3 Å². The van der Waals surface area contributed by atoms with Crippen molar-refractivity contribution in [2.75, 3.05) is 0 Å². The van der Waals surface area contributed by atoms with Crippen molar-refractivity contribution in [2.24, 2.45) is 5.73 Å². The zero-order valence-corrected chi connectivity index (χ0v) is 6.90. The van der Waals surface area contributed by atoms with E-state index in [0.29, 0.717) is 22.8 Å². The fourth-order valence-electron chi connectivity index (χ4n) is 0.887. The Morgan fingerprint density at radius 2 is 2.36 bits per heavy atom.